The van der Waals surface area contributed by atoms with Crippen LogP contribution in [0.5, 0.6) is 0 Å². The lowest BCUT2D eigenvalue weighted by Gasteiger charge is -2.34. The van der Waals surface area contributed by atoms with Crippen molar-refractivity contribution in [3.63, 3.8) is 0 Å². The van der Waals surface area contributed by atoms with Gasteiger partial charge in [-0.15, -0.1) is 0 Å². The van der Waals surface area contributed by atoms with Crippen molar-refractivity contribution in [2.75, 3.05) is 11.5 Å². The minimum atomic E-state index is -0.0940. The SMILES string of the molecule is CC1CCCC(NC(=O)c2ccc(N)cc2N)C1C. The van der Waals surface area contributed by atoms with Crippen LogP contribution in [-0.2, 0) is 0 Å². The maximum atomic E-state index is 12.3. The van der Waals surface area contributed by atoms with E-state index >= 15 is 0 Å². The fourth-order valence-corrected chi connectivity index (χ4v) is 2.82. The Bertz CT molecular complexity index is 472. The van der Waals surface area contributed by atoms with Gasteiger partial charge in [-0.25, -0.2) is 0 Å². The van der Waals surface area contributed by atoms with Gasteiger partial charge in [-0.3, -0.25) is 4.79 Å². The van der Waals surface area contributed by atoms with Gasteiger partial charge in [-0.05, 0) is 36.5 Å². The molecule has 3 unspecified atom stereocenters. The Kier molecular flexibility index (Phi) is 3.98. The van der Waals surface area contributed by atoms with Gasteiger partial charge in [-0.2, -0.15) is 0 Å². The molecule has 19 heavy (non-hydrogen) atoms. The average Bonchev–Trinajstić information content (AvgIpc) is 2.34. The number of carbonyl (C=O) groups is 1. The second-order valence-corrected chi connectivity index (χ2v) is 5.69. The van der Waals surface area contributed by atoms with Crippen molar-refractivity contribution in [2.45, 2.75) is 39.2 Å². The normalized spacial score (nSPS) is 26.9. The highest BCUT2D eigenvalue weighted by molar-refractivity contribution is 5.99. The molecule has 0 aromatic heterocycles. The topological polar surface area (TPSA) is 81.1 Å². The van der Waals surface area contributed by atoms with Crippen LogP contribution in [0.1, 0.15) is 43.5 Å². The number of amides is 1. The molecule has 1 fully saturated rings. The number of carbonyl (C=O) groups excluding carboxylic acids is 1. The first-order valence-corrected chi connectivity index (χ1v) is 6.95. The van der Waals surface area contributed by atoms with E-state index in [-0.39, 0.29) is 11.9 Å². The van der Waals surface area contributed by atoms with Gasteiger partial charge in [-0.1, -0.05) is 26.7 Å². The molecule has 5 N–H and O–H groups in total. The van der Waals surface area contributed by atoms with E-state index in [2.05, 4.69) is 19.2 Å². The molecule has 1 saturated carbocycles. The molecule has 1 amide bonds. The third-order valence-electron chi connectivity index (χ3n) is 4.34. The number of rotatable bonds is 2. The van der Waals surface area contributed by atoms with Crippen LogP contribution in [0.4, 0.5) is 11.4 Å². The van der Waals surface area contributed by atoms with E-state index in [1.54, 1.807) is 18.2 Å². The van der Waals surface area contributed by atoms with Gasteiger partial charge in [0.05, 0.1) is 5.56 Å². The molecular formula is C15H23N3O. The van der Waals surface area contributed by atoms with Gasteiger partial charge in [0.15, 0.2) is 0 Å². The van der Waals surface area contributed by atoms with Gasteiger partial charge in [0.25, 0.3) is 5.91 Å². The Morgan fingerprint density at radius 1 is 1.26 bits per heavy atom. The number of nitrogens with one attached hydrogen (secondary N) is 1. The van der Waals surface area contributed by atoms with Crippen LogP contribution >= 0.6 is 0 Å². The van der Waals surface area contributed by atoms with Crippen molar-refractivity contribution < 1.29 is 4.79 Å². The van der Waals surface area contributed by atoms with Crippen molar-refractivity contribution in [3.05, 3.63) is 23.8 Å². The number of hydrogen-bond donors (Lipinski definition) is 3. The summed E-state index contributed by atoms with van der Waals surface area (Å²) in [7, 11) is 0. The van der Waals surface area contributed by atoms with E-state index in [0.29, 0.717) is 28.8 Å². The van der Waals surface area contributed by atoms with E-state index in [4.69, 9.17) is 11.5 Å². The van der Waals surface area contributed by atoms with Gasteiger partial charge < -0.3 is 16.8 Å². The van der Waals surface area contributed by atoms with Crippen LogP contribution in [-0.4, -0.2) is 11.9 Å². The summed E-state index contributed by atoms with van der Waals surface area (Å²) in [6.45, 7) is 4.46. The molecule has 4 nitrogen and oxygen atoms in total. The smallest absolute Gasteiger partial charge is 0.253 e. The molecular weight excluding hydrogens is 238 g/mol. The molecule has 0 saturated heterocycles. The van der Waals surface area contributed by atoms with Crippen LogP contribution in [0.15, 0.2) is 18.2 Å². The van der Waals surface area contributed by atoms with Crippen molar-refractivity contribution in [1.29, 1.82) is 0 Å². The number of nitrogens with two attached hydrogens (primary N) is 2. The molecule has 4 heteroatoms. The molecule has 0 bridgehead atoms. The third kappa shape index (κ3) is 3.00. The first kappa shape index (κ1) is 13.7. The van der Waals surface area contributed by atoms with Crippen LogP contribution in [0.25, 0.3) is 0 Å². The highest BCUT2D eigenvalue weighted by atomic mass is 16.1. The number of anilines is 2. The lowest BCUT2D eigenvalue weighted by atomic mass is 9.78. The summed E-state index contributed by atoms with van der Waals surface area (Å²) in [4.78, 5) is 12.3. The van der Waals surface area contributed by atoms with Crippen molar-refractivity contribution in [3.8, 4) is 0 Å². The van der Waals surface area contributed by atoms with Crippen LogP contribution in [0.2, 0.25) is 0 Å². The zero-order valence-corrected chi connectivity index (χ0v) is 11.6. The predicted molar refractivity (Wildman–Crippen MR) is 78.7 cm³/mol. The first-order chi connectivity index (χ1) is 8.99. The highest BCUT2D eigenvalue weighted by Crippen LogP contribution is 2.29. The molecule has 3 atom stereocenters. The zero-order chi connectivity index (χ0) is 14.0. The Morgan fingerprint density at radius 3 is 2.68 bits per heavy atom. The summed E-state index contributed by atoms with van der Waals surface area (Å²) in [5.74, 6) is 1.07. The second kappa shape index (κ2) is 5.51. The Hall–Kier alpha value is -1.71. The summed E-state index contributed by atoms with van der Waals surface area (Å²) in [5.41, 5.74) is 13.0. The standard InChI is InChI=1S/C15H23N3O/c1-9-4-3-5-14(10(9)2)18-15(19)12-7-6-11(16)8-13(12)17/h6-10,14H,3-5,16-17H2,1-2H3,(H,18,19). The van der Waals surface area contributed by atoms with E-state index in [1.165, 1.54) is 12.8 Å². The van der Waals surface area contributed by atoms with Gasteiger partial charge in [0.2, 0.25) is 0 Å². The maximum Gasteiger partial charge on any atom is 0.253 e. The van der Waals surface area contributed by atoms with E-state index < -0.39 is 0 Å². The maximum absolute atomic E-state index is 12.3. The van der Waals surface area contributed by atoms with Crippen molar-refractivity contribution in [1.82, 2.24) is 5.32 Å². The molecule has 1 aromatic carbocycles. The number of benzene rings is 1. The Labute approximate surface area is 114 Å². The minimum absolute atomic E-state index is 0.0940. The summed E-state index contributed by atoms with van der Waals surface area (Å²) in [6.07, 6.45) is 3.47. The quantitative estimate of drug-likeness (QED) is 0.715. The summed E-state index contributed by atoms with van der Waals surface area (Å²) in [5, 5.41) is 3.12. The molecule has 0 heterocycles. The average molecular weight is 261 g/mol. The van der Waals surface area contributed by atoms with Gasteiger partial charge in [0, 0.05) is 17.4 Å². The monoisotopic (exact) mass is 261 g/mol. The highest BCUT2D eigenvalue weighted by Gasteiger charge is 2.28. The molecule has 2 rings (SSSR count). The van der Waals surface area contributed by atoms with Crippen LogP contribution < -0.4 is 16.8 Å². The van der Waals surface area contributed by atoms with Crippen molar-refractivity contribution in [2.24, 2.45) is 11.8 Å². The van der Waals surface area contributed by atoms with E-state index in [1.807, 2.05) is 0 Å². The summed E-state index contributed by atoms with van der Waals surface area (Å²) < 4.78 is 0. The fraction of sp³-hybridized carbons (Fsp3) is 0.533. The Morgan fingerprint density at radius 2 is 2.00 bits per heavy atom. The van der Waals surface area contributed by atoms with Crippen LogP contribution in [0, 0.1) is 11.8 Å². The molecule has 0 aliphatic heterocycles. The zero-order valence-electron chi connectivity index (χ0n) is 11.6. The van der Waals surface area contributed by atoms with Crippen LogP contribution in [0.3, 0.4) is 0 Å². The fourth-order valence-electron chi connectivity index (χ4n) is 2.82. The largest absolute Gasteiger partial charge is 0.399 e. The Balaban J connectivity index is 2.08. The van der Waals surface area contributed by atoms with Crippen molar-refractivity contribution >= 4 is 17.3 Å². The second-order valence-electron chi connectivity index (χ2n) is 5.69. The minimum Gasteiger partial charge on any atom is -0.399 e. The van der Waals surface area contributed by atoms with E-state index in [9.17, 15) is 4.79 Å². The summed E-state index contributed by atoms with van der Waals surface area (Å²) >= 11 is 0. The lowest BCUT2D eigenvalue weighted by Crippen LogP contribution is -2.43. The van der Waals surface area contributed by atoms with E-state index in [0.717, 1.165) is 6.42 Å². The molecule has 0 radical (unpaired) electrons. The third-order valence-corrected chi connectivity index (χ3v) is 4.34. The number of nitrogen functional groups attached to an aromatic ring is 2. The van der Waals surface area contributed by atoms with Gasteiger partial charge in [0.1, 0.15) is 0 Å². The predicted octanol–water partition coefficient (Wildman–Crippen LogP) is 2.41. The number of hydrogen-bond acceptors (Lipinski definition) is 3. The molecule has 104 valence electrons. The van der Waals surface area contributed by atoms with Gasteiger partial charge >= 0.3 is 0 Å². The lowest BCUT2D eigenvalue weighted by molar-refractivity contribution is 0.0892. The summed E-state index contributed by atoms with van der Waals surface area (Å²) in [6, 6.07) is 5.27. The molecule has 0 spiro atoms. The molecule has 1 aromatic rings. The molecule has 1 aliphatic carbocycles. The molecule has 1 aliphatic rings. The first-order valence-electron chi connectivity index (χ1n) is 6.95.